The number of unbranched alkanes of at least 4 members (excludes halogenated alkanes) is 10. The van der Waals surface area contributed by atoms with Gasteiger partial charge >= 0.3 is 37.7 Å². The van der Waals surface area contributed by atoms with E-state index in [2.05, 4.69) is 0 Å². The van der Waals surface area contributed by atoms with E-state index in [4.69, 9.17) is 0 Å². The van der Waals surface area contributed by atoms with E-state index in [9.17, 15) is 36.6 Å². The van der Waals surface area contributed by atoms with E-state index in [1.807, 2.05) is 13.8 Å². The van der Waals surface area contributed by atoms with Gasteiger partial charge in [0.15, 0.2) is 19.7 Å². The molecule has 0 saturated heterocycles. The molecule has 178 valence electrons. The molecule has 0 amide bonds. The molecule has 8 nitrogen and oxygen atoms in total. The number of carboxylic acid groups (broad SMARTS) is 2. The Morgan fingerprint density at radius 3 is 1.10 bits per heavy atom. The SMILES string of the molecule is CCCCCCCCS(=O)(=O)C(C(=O)[O-])C(C(=O)[O-])S(=O)(=O)CCCCCCCC.[Ca+2]. The minimum absolute atomic E-state index is 0. The van der Waals surface area contributed by atoms with Crippen LogP contribution >= 0.6 is 0 Å². The van der Waals surface area contributed by atoms with Gasteiger partial charge in [0.1, 0.15) is 10.5 Å². The molecule has 0 fully saturated rings. The van der Waals surface area contributed by atoms with Crippen molar-refractivity contribution >= 4 is 69.4 Å². The zero-order valence-electron chi connectivity index (χ0n) is 18.8. The van der Waals surface area contributed by atoms with Crippen LogP contribution in [0, 0.1) is 0 Å². The number of carbonyl (C=O) groups is 2. The molecule has 0 aliphatic carbocycles. The van der Waals surface area contributed by atoms with Crippen molar-refractivity contribution in [3.05, 3.63) is 0 Å². The third kappa shape index (κ3) is 13.4. The number of hydrogen-bond donors (Lipinski definition) is 0. The van der Waals surface area contributed by atoms with Crippen LogP contribution in [0.25, 0.3) is 0 Å². The zero-order chi connectivity index (χ0) is 23.2. The maximum absolute atomic E-state index is 12.5. The van der Waals surface area contributed by atoms with Gasteiger partial charge in [-0.1, -0.05) is 78.1 Å². The number of hydrogen-bond acceptors (Lipinski definition) is 8. The molecule has 0 aromatic rings. The Morgan fingerprint density at radius 1 is 0.581 bits per heavy atom. The predicted molar refractivity (Wildman–Crippen MR) is 118 cm³/mol. The molecule has 0 aliphatic heterocycles. The molecule has 0 aliphatic rings. The van der Waals surface area contributed by atoms with Gasteiger partial charge < -0.3 is 19.8 Å². The molecule has 11 heteroatoms. The molecule has 0 rings (SSSR count). The van der Waals surface area contributed by atoms with Crippen molar-refractivity contribution in [1.29, 1.82) is 0 Å². The maximum Gasteiger partial charge on any atom is 2.00 e. The van der Waals surface area contributed by atoms with Gasteiger partial charge in [-0.25, -0.2) is 16.8 Å². The van der Waals surface area contributed by atoms with E-state index in [1.165, 1.54) is 0 Å². The van der Waals surface area contributed by atoms with Crippen molar-refractivity contribution in [3.8, 4) is 0 Å². The van der Waals surface area contributed by atoms with Crippen LogP contribution < -0.4 is 10.2 Å². The van der Waals surface area contributed by atoms with E-state index in [1.54, 1.807) is 0 Å². The normalized spacial score (nSPS) is 13.9. The Bertz CT molecular complexity index is 657. The summed E-state index contributed by atoms with van der Waals surface area (Å²) < 4.78 is 50.1. The molecule has 2 atom stereocenters. The number of carboxylic acids is 2. The van der Waals surface area contributed by atoms with Crippen LogP contribution in [-0.2, 0) is 29.3 Å². The summed E-state index contributed by atoms with van der Waals surface area (Å²) >= 11 is 0. The van der Waals surface area contributed by atoms with Crippen molar-refractivity contribution in [2.45, 2.75) is 101 Å². The van der Waals surface area contributed by atoms with E-state index >= 15 is 0 Å². The first-order valence-electron chi connectivity index (χ1n) is 10.9. The monoisotopic (exact) mass is 508 g/mol. The van der Waals surface area contributed by atoms with Crippen LogP contribution in [0.2, 0.25) is 0 Å². The standard InChI is InChI=1S/C20H38O8S2.Ca/c1-3-5-7-9-11-13-15-29(25,26)17(19(21)22)18(20(23)24)30(27,28)16-14-12-10-8-6-4-2;/h17-18H,3-16H2,1-2H3,(H,21,22)(H,23,24);/q;+2/p-2. The quantitative estimate of drug-likeness (QED) is 0.180. The molecule has 2 unspecified atom stereocenters. The van der Waals surface area contributed by atoms with Crippen LogP contribution in [0.3, 0.4) is 0 Å². The second-order valence-electron chi connectivity index (χ2n) is 7.75. The summed E-state index contributed by atoms with van der Waals surface area (Å²) in [7, 11) is -9.09. The maximum atomic E-state index is 12.5. The summed E-state index contributed by atoms with van der Waals surface area (Å²) in [6.07, 6.45) is 8.68. The molecule has 0 spiro atoms. The minimum atomic E-state index is -4.55. The Hall–Kier alpha value is 0.0997. The molecular formula is C20H36CaO8S2. The third-order valence-corrected chi connectivity index (χ3v) is 9.44. The first-order chi connectivity index (χ1) is 14.0. The predicted octanol–water partition coefficient (Wildman–Crippen LogP) is 0.393. The van der Waals surface area contributed by atoms with Crippen LogP contribution in [0.5, 0.6) is 0 Å². The van der Waals surface area contributed by atoms with E-state index in [-0.39, 0.29) is 50.6 Å². The molecule has 0 aromatic carbocycles. The molecule has 0 saturated carbocycles. The van der Waals surface area contributed by atoms with Gasteiger partial charge in [-0.15, -0.1) is 0 Å². The van der Waals surface area contributed by atoms with E-state index in [0.29, 0.717) is 12.8 Å². The van der Waals surface area contributed by atoms with Gasteiger partial charge in [0, 0.05) is 0 Å². The van der Waals surface area contributed by atoms with E-state index in [0.717, 1.165) is 51.4 Å². The van der Waals surface area contributed by atoms with Crippen LogP contribution in [-0.4, -0.2) is 88.5 Å². The average Bonchev–Trinajstić information content (AvgIpc) is 2.64. The summed E-state index contributed by atoms with van der Waals surface area (Å²) in [6, 6.07) is 0. The molecule has 0 radical (unpaired) electrons. The van der Waals surface area contributed by atoms with Crippen LogP contribution in [0.4, 0.5) is 0 Å². The van der Waals surface area contributed by atoms with Crippen molar-refractivity contribution in [3.63, 3.8) is 0 Å². The van der Waals surface area contributed by atoms with Crippen LogP contribution in [0.15, 0.2) is 0 Å². The van der Waals surface area contributed by atoms with Gasteiger partial charge in [0.05, 0.1) is 23.4 Å². The Balaban J connectivity index is 0. The van der Waals surface area contributed by atoms with Gasteiger partial charge in [0.25, 0.3) is 0 Å². The van der Waals surface area contributed by atoms with Crippen molar-refractivity contribution in [2.24, 2.45) is 0 Å². The Labute approximate surface area is 217 Å². The second kappa shape index (κ2) is 17.6. The van der Waals surface area contributed by atoms with Crippen molar-refractivity contribution < 1.29 is 36.6 Å². The van der Waals surface area contributed by atoms with Crippen LogP contribution in [0.1, 0.15) is 90.9 Å². The molecular weight excluding hydrogens is 472 g/mol. The molecule has 0 bridgehead atoms. The summed E-state index contributed by atoms with van der Waals surface area (Å²) in [5, 5.41) is 17.7. The molecule has 0 N–H and O–H groups in total. The van der Waals surface area contributed by atoms with Gasteiger partial charge in [-0.2, -0.15) is 0 Å². The second-order valence-corrected chi connectivity index (χ2v) is 12.2. The van der Waals surface area contributed by atoms with Gasteiger partial charge in [-0.3, -0.25) is 0 Å². The van der Waals surface area contributed by atoms with E-state index < -0.39 is 53.6 Å². The summed E-state index contributed by atoms with van der Waals surface area (Å²) in [5.74, 6) is -5.65. The first-order valence-corrected chi connectivity index (χ1v) is 14.3. The Morgan fingerprint density at radius 2 is 0.839 bits per heavy atom. The Kier molecular flexibility index (Phi) is 18.8. The third-order valence-electron chi connectivity index (χ3n) is 5.08. The summed E-state index contributed by atoms with van der Waals surface area (Å²) in [5.41, 5.74) is 0. The number of carbonyl (C=O) groups excluding carboxylic acids is 2. The molecule has 31 heavy (non-hydrogen) atoms. The summed E-state index contributed by atoms with van der Waals surface area (Å²) in [4.78, 5) is 23.0. The van der Waals surface area contributed by atoms with Crippen molar-refractivity contribution in [1.82, 2.24) is 0 Å². The molecule has 0 heterocycles. The van der Waals surface area contributed by atoms with Crippen molar-refractivity contribution in [2.75, 3.05) is 11.5 Å². The van der Waals surface area contributed by atoms with Gasteiger partial charge in [-0.05, 0) is 12.8 Å². The number of sulfone groups is 2. The fraction of sp³-hybridized carbons (Fsp3) is 0.900. The first kappa shape index (κ1) is 33.3. The average molecular weight is 509 g/mol. The molecule has 0 aromatic heterocycles. The summed E-state index contributed by atoms with van der Waals surface area (Å²) in [6.45, 7) is 4.06. The number of aliphatic carboxylic acids is 2. The smallest absolute Gasteiger partial charge is 0.549 e. The largest absolute Gasteiger partial charge is 2.00 e. The topological polar surface area (TPSA) is 149 Å². The minimum Gasteiger partial charge on any atom is -0.549 e. The number of rotatable bonds is 19. The zero-order valence-corrected chi connectivity index (χ0v) is 22.7. The fourth-order valence-corrected chi connectivity index (χ4v) is 7.64. The van der Waals surface area contributed by atoms with Gasteiger partial charge in [0.2, 0.25) is 0 Å². The fourth-order valence-electron chi connectivity index (χ4n) is 3.34.